The van der Waals surface area contributed by atoms with Gasteiger partial charge in [0.25, 0.3) is 0 Å². The highest BCUT2D eigenvalue weighted by Crippen LogP contribution is 2.27. The average Bonchev–Trinajstić information content (AvgIpc) is 3.29. The van der Waals surface area contributed by atoms with E-state index in [-0.39, 0.29) is 19.1 Å². The molecule has 0 saturated carbocycles. The highest BCUT2D eigenvalue weighted by atomic mass is 16.7. The Kier molecular flexibility index (Phi) is 5.18. The maximum atomic E-state index is 10.2. The standard InChI is InChI=1S/C18H20N6O5/c19-5-10-3-1-2-4-11(10)7-28-24-9-22-17-13(16(24)20)21-8-23(17)18-15(27)14(26)12(6-25)29-18/h1-4,8,12,14-15,18,25-27H,6-7,9,20H2/t12-,14-,15-,18-/m1/s1. The lowest BCUT2D eigenvalue weighted by atomic mass is 10.1. The van der Waals surface area contributed by atoms with Gasteiger partial charge in [0.05, 0.1) is 24.6 Å². The number of nitrogens with two attached hydrogens (primary N) is 1. The van der Waals surface area contributed by atoms with Crippen LogP contribution < -0.4 is 16.6 Å². The number of aromatic nitrogens is 2. The van der Waals surface area contributed by atoms with Gasteiger partial charge in [-0.2, -0.15) is 5.26 Å². The maximum Gasteiger partial charge on any atom is 0.165 e. The van der Waals surface area contributed by atoms with E-state index < -0.39 is 31.1 Å². The molecule has 4 rings (SSSR count). The number of hydrogen-bond donors (Lipinski definition) is 4. The SMILES string of the molecule is N#Cc1ccccc1CON1CN=c2c(ncn2[C@@H]2O[C@H](CO)[C@@H](O)[C@H]2O)=C1N. The maximum absolute atomic E-state index is 10.2. The Labute approximate surface area is 165 Å². The fraction of sp³-hybridized carbons (Fsp3) is 0.389. The van der Waals surface area contributed by atoms with Crippen LogP contribution >= 0.6 is 0 Å². The van der Waals surface area contributed by atoms with Crippen molar-refractivity contribution in [3.8, 4) is 6.07 Å². The molecule has 0 radical (unpaired) electrons. The molecule has 11 heteroatoms. The van der Waals surface area contributed by atoms with Crippen molar-refractivity contribution in [2.45, 2.75) is 31.1 Å². The summed E-state index contributed by atoms with van der Waals surface area (Å²) in [6.07, 6.45) is -2.94. The number of nitriles is 1. The lowest BCUT2D eigenvalue weighted by Gasteiger charge is -2.24. The molecule has 0 amide bonds. The van der Waals surface area contributed by atoms with E-state index in [9.17, 15) is 20.6 Å². The first-order valence-corrected chi connectivity index (χ1v) is 8.93. The molecular weight excluding hydrogens is 380 g/mol. The number of ether oxygens (including phenoxy) is 1. The van der Waals surface area contributed by atoms with E-state index in [1.54, 1.807) is 18.2 Å². The van der Waals surface area contributed by atoms with Gasteiger partial charge < -0.3 is 25.8 Å². The largest absolute Gasteiger partial charge is 0.394 e. The van der Waals surface area contributed by atoms with Gasteiger partial charge in [-0.1, -0.05) is 18.2 Å². The molecule has 1 aromatic heterocycles. The van der Waals surface area contributed by atoms with Crippen LogP contribution in [0.1, 0.15) is 17.4 Å². The summed E-state index contributed by atoms with van der Waals surface area (Å²) in [5.74, 6) is 0.218. The van der Waals surface area contributed by atoms with Crippen LogP contribution in [-0.4, -0.2) is 61.5 Å². The molecule has 0 bridgehead atoms. The van der Waals surface area contributed by atoms with E-state index in [0.29, 0.717) is 22.0 Å². The van der Waals surface area contributed by atoms with Crippen LogP contribution in [0.2, 0.25) is 0 Å². The van der Waals surface area contributed by atoms with E-state index in [0.717, 1.165) is 0 Å². The average molecular weight is 400 g/mol. The fourth-order valence-electron chi connectivity index (χ4n) is 3.33. The Morgan fingerprint density at radius 1 is 1.31 bits per heavy atom. The minimum atomic E-state index is -1.25. The second-order valence-corrected chi connectivity index (χ2v) is 6.66. The van der Waals surface area contributed by atoms with Crippen molar-refractivity contribution in [3.05, 3.63) is 52.6 Å². The molecule has 2 aliphatic heterocycles. The van der Waals surface area contributed by atoms with Crippen LogP contribution in [0.5, 0.6) is 0 Å². The Morgan fingerprint density at radius 2 is 2.10 bits per heavy atom. The van der Waals surface area contributed by atoms with Crippen molar-refractivity contribution in [2.75, 3.05) is 13.3 Å². The third kappa shape index (κ3) is 3.33. The molecule has 4 atom stereocenters. The first-order valence-electron chi connectivity index (χ1n) is 8.93. The Bertz CT molecular complexity index is 1060. The zero-order chi connectivity index (χ0) is 20.5. The minimum absolute atomic E-state index is 0.0635. The van der Waals surface area contributed by atoms with Gasteiger partial charge in [-0.15, -0.1) is 0 Å². The zero-order valence-electron chi connectivity index (χ0n) is 15.3. The molecule has 152 valence electrons. The van der Waals surface area contributed by atoms with Crippen molar-refractivity contribution < 1.29 is 24.9 Å². The van der Waals surface area contributed by atoms with Crippen LogP contribution in [0.15, 0.2) is 35.6 Å². The van der Waals surface area contributed by atoms with E-state index in [1.165, 1.54) is 16.0 Å². The molecule has 29 heavy (non-hydrogen) atoms. The van der Waals surface area contributed by atoms with E-state index >= 15 is 0 Å². The van der Waals surface area contributed by atoms with Gasteiger partial charge in [0.2, 0.25) is 0 Å². The summed E-state index contributed by atoms with van der Waals surface area (Å²) >= 11 is 0. The van der Waals surface area contributed by atoms with Gasteiger partial charge in [0.15, 0.2) is 17.5 Å². The van der Waals surface area contributed by atoms with Gasteiger partial charge in [-0.05, 0) is 11.6 Å². The second-order valence-electron chi connectivity index (χ2n) is 6.66. The highest BCUT2D eigenvalue weighted by Gasteiger charge is 2.43. The van der Waals surface area contributed by atoms with Gasteiger partial charge >= 0.3 is 0 Å². The van der Waals surface area contributed by atoms with Crippen LogP contribution in [0.25, 0.3) is 5.82 Å². The summed E-state index contributed by atoms with van der Waals surface area (Å²) in [4.78, 5) is 14.3. The van der Waals surface area contributed by atoms with E-state index in [2.05, 4.69) is 16.0 Å². The molecule has 0 spiro atoms. The number of aliphatic hydroxyl groups excluding tert-OH is 3. The first-order chi connectivity index (χ1) is 14.0. The quantitative estimate of drug-likeness (QED) is 0.422. The molecule has 3 heterocycles. The predicted molar refractivity (Wildman–Crippen MR) is 96.3 cm³/mol. The number of fused-ring (bicyclic) bond motifs is 1. The summed E-state index contributed by atoms with van der Waals surface area (Å²) in [6.45, 7) is -0.234. The van der Waals surface area contributed by atoms with Crippen molar-refractivity contribution in [3.63, 3.8) is 0 Å². The van der Waals surface area contributed by atoms with Gasteiger partial charge in [0, 0.05) is 0 Å². The lowest BCUT2D eigenvalue weighted by molar-refractivity contribution is -0.124. The van der Waals surface area contributed by atoms with Gasteiger partial charge in [-0.25, -0.2) is 15.0 Å². The summed E-state index contributed by atoms with van der Waals surface area (Å²) < 4.78 is 6.99. The van der Waals surface area contributed by atoms with Crippen LogP contribution in [0.4, 0.5) is 0 Å². The Morgan fingerprint density at radius 3 is 2.83 bits per heavy atom. The Balaban J connectivity index is 1.57. The van der Waals surface area contributed by atoms with Crippen LogP contribution in [0.3, 0.4) is 0 Å². The summed E-state index contributed by atoms with van der Waals surface area (Å²) in [7, 11) is 0. The molecule has 0 unspecified atom stereocenters. The smallest absolute Gasteiger partial charge is 0.165 e. The summed E-state index contributed by atoms with van der Waals surface area (Å²) in [5, 5.41) is 40.3. The number of aliphatic hydroxyl groups is 3. The molecule has 1 aromatic carbocycles. The molecule has 1 saturated heterocycles. The normalized spacial score (nSPS) is 26.1. The Hall–Kier alpha value is -3.01. The van der Waals surface area contributed by atoms with Crippen LogP contribution in [-0.2, 0) is 16.2 Å². The van der Waals surface area contributed by atoms with Crippen molar-refractivity contribution in [2.24, 2.45) is 10.7 Å². The number of hydroxylamine groups is 2. The van der Waals surface area contributed by atoms with E-state index in [4.69, 9.17) is 15.3 Å². The monoisotopic (exact) mass is 400 g/mol. The third-order valence-corrected chi connectivity index (χ3v) is 4.93. The van der Waals surface area contributed by atoms with Gasteiger partial charge in [0.1, 0.15) is 36.9 Å². The van der Waals surface area contributed by atoms with Crippen molar-refractivity contribution >= 4 is 5.82 Å². The predicted octanol–water partition coefficient (Wildman–Crippen LogP) is -2.58. The number of imidazole rings is 1. The zero-order valence-corrected chi connectivity index (χ0v) is 15.3. The highest BCUT2D eigenvalue weighted by molar-refractivity contribution is 5.37. The number of nitrogens with zero attached hydrogens (tertiary/aromatic N) is 5. The second kappa shape index (κ2) is 7.78. The first kappa shape index (κ1) is 19.3. The number of rotatable bonds is 5. The van der Waals surface area contributed by atoms with E-state index in [1.807, 2.05) is 6.07 Å². The van der Waals surface area contributed by atoms with Crippen molar-refractivity contribution in [1.29, 1.82) is 5.26 Å². The number of benzene rings is 1. The summed E-state index contributed by atoms with van der Waals surface area (Å²) in [6, 6.07) is 9.19. The molecule has 11 nitrogen and oxygen atoms in total. The third-order valence-electron chi connectivity index (χ3n) is 4.93. The molecule has 1 fully saturated rings. The summed E-state index contributed by atoms with van der Waals surface area (Å²) in [5.41, 5.74) is 7.77. The topological polar surface area (TPSA) is 162 Å². The molecule has 2 aromatic rings. The van der Waals surface area contributed by atoms with Gasteiger partial charge in [-0.3, -0.25) is 9.40 Å². The van der Waals surface area contributed by atoms with Crippen molar-refractivity contribution in [1.82, 2.24) is 14.6 Å². The lowest BCUT2D eigenvalue weighted by Crippen LogP contribution is -2.47. The number of hydrogen-bond acceptors (Lipinski definition) is 10. The molecular formula is C18H20N6O5. The minimum Gasteiger partial charge on any atom is -0.394 e. The fourth-order valence-corrected chi connectivity index (χ4v) is 3.33. The van der Waals surface area contributed by atoms with Crippen LogP contribution in [0, 0.1) is 11.3 Å². The molecule has 2 aliphatic rings. The molecule has 0 aliphatic carbocycles. The molecule has 5 N–H and O–H groups in total.